The molecule has 20 nitrogen and oxygen atoms in total. The summed E-state index contributed by atoms with van der Waals surface area (Å²) in [6.07, 6.45) is -1.12. The fourth-order valence-electron chi connectivity index (χ4n) is 7.09. The number of likely N-dealkylation sites (tertiary alicyclic amines) is 1. The van der Waals surface area contributed by atoms with Crippen LogP contribution >= 0.6 is 0 Å². The minimum absolute atomic E-state index is 0.0525. The molecule has 1 aliphatic rings. The molecule has 0 spiro atoms. The molecule has 20 heteroatoms. The molecule has 1 heterocycles. The van der Waals surface area contributed by atoms with Crippen LogP contribution in [0.5, 0.6) is 0 Å². The number of β-amino-alcohol motifs (C(OH)–C–C–N with tert-alkyl or cyclic N) is 1. The highest BCUT2D eigenvalue weighted by atomic mass is 16.3. The second-order valence-electron chi connectivity index (χ2n) is 16.7. The van der Waals surface area contributed by atoms with Crippen LogP contribution in [-0.2, 0) is 49.6 Å². The van der Waals surface area contributed by atoms with E-state index in [1.54, 1.807) is 69.9 Å². The Morgan fingerprint density at radius 1 is 0.758 bits per heavy atom. The van der Waals surface area contributed by atoms with Gasteiger partial charge < -0.3 is 53.6 Å². The summed E-state index contributed by atoms with van der Waals surface area (Å²) in [5.74, 6) is -7.80. The third kappa shape index (κ3) is 16.8. The minimum atomic E-state index is -1.74. The molecule has 0 unspecified atom stereocenters. The van der Waals surface area contributed by atoms with Crippen LogP contribution in [0.3, 0.4) is 0 Å². The minimum Gasteiger partial charge on any atom is -0.394 e. The molecule has 12 N–H and O–H groups in total. The number of amides is 8. The van der Waals surface area contributed by atoms with Gasteiger partial charge in [0.1, 0.15) is 36.3 Å². The molecule has 62 heavy (non-hydrogen) atoms. The van der Waals surface area contributed by atoms with E-state index < -0.39 is 114 Å². The Balaban J connectivity index is 2.33. The summed E-state index contributed by atoms with van der Waals surface area (Å²) in [6.45, 7) is 11.0. The molecule has 346 valence electrons. The van der Waals surface area contributed by atoms with E-state index >= 15 is 0 Å². The molecule has 0 saturated carbocycles. The highest BCUT2D eigenvalue weighted by Gasteiger charge is 2.39. The zero-order valence-electron chi connectivity index (χ0n) is 36.8. The third-order valence-electron chi connectivity index (χ3n) is 10.7. The first-order valence-electron chi connectivity index (χ1n) is 21.1. The third-order valence-corrected chi connectivity index (χ3v) is 10.7. The monoisotopic (exact) mass is 873 g/mol. The van der Waals surface area contributed by atoms with Crippen LogP contribution < -0.4 is 43.4 Å². The van der Waals surface area contributed by atoms with E-state index in [9.17, 15) is 53.4 Å². The zero-order valence-corrected chi connectivity index (χ0v) is 36.8. The maximum atomic E-state index is 14.1. The number of benzene rings is 1. The number of nitrogens with zero attached hydrogens (tertiary/aromatic N) is 1. The van der Waals surface area contributed by atoms with Gasteiger partial charge in [0.25, 0.3) is 0 Å². The Hall–Kier alpha value is -5.47. The molecule has 0 radical (unpaired) electrons. The van der Waals surface area contributed by atoms with Gasteiger partial charge >= 0.3 is 0 Å². The maximum absolute atomic E-state index is 14.1. The number of carbonyl (C=O) groups is 9. The van der Waals surface area contributed by atoms with Crippen molar-refractivity contribution in [2.45, 2.75) is 135 Å². The van der Waals surface area contributed by atoms with Crippen molar-refractivity contribution in [2.24, 2.45) is 29.2 Å². The highest BCUT2D eigenvalue weighted by Crippen LogP contribution is 2.20. The number of aliphatic hydroxyl groups excluding tert-OH is 2. The van der Waals surface area contributed by atoms with E-state index in [-0.39, 0.29) is 37.1 Å². The molecule has 1 saturated heterocycles. The second kappa shape index (κ2) is 25.5. The molecule has 1 fully saturated rings. The summed E-state index contributed by atoms with van der Waals surface area (Å²) < 4.78 is 0. The van der Waals surface area contributed by atoms with E-state index in [2.05, 4.69) is 31.9 Å². The van der Waals surface area contributed by atoms with Gasteiger partial charge in [0.2, 0.25) is 47.3 Å². The van der Waals surface area contributed by atoms with Crippen molar-refractivity contribution in [3.05, 3.63) is 35.9 Å². The van der Waals surface area contributed by atoms with Crippen LogP contribution in [0, 0.1) is 17.8 Å². The Bertz CT molecular complexity index is 1730. The van der Waals surface area contributed by atoms with Crippen molar-refractivity contribution < 1.29 is 53.4 Å². The molecule has 0 aliphatic carbocycles. The molecule has 9 atom stereocenters. The fourth-order valence-corrected chi connectivity index (χ4v) is 7.09. The van der Waals surface area contributed by atoms with Crippen molar-refractivity contribution in [2.75, 3.05) is 19.7 Å². The fraction of sp³-hybridized carbons (Fsp3) is 0.643. The maximum Gasteiger partial charge on any atom is 0.245 e. The Kier molecular flexibility index (Phi) is 21.6. The van der Waals surface area contributed by atoms with Crippen LogP contribution in [0.4, 0.5) is 0 Å². The number of rotatable bonds is 26. The average Bonchev–Trinajstić information content (AvgIpc) is 3.67. The van der Waals surface area contributed by atoms with Crippen molar-refractivity contribution in [3.8, 4) is 0 Å². The first-order chi connectivity index (χ1) is 29.1. The van der Waals surface area contributed by atoms with E-state index in [1.165, 1.54) is 0 Å². The van der Waals surface area contributed by atoms with Crippen molar-refractivity contribution in [1.29, 1.82) is 0 Å². The number of ketones is 1. The van der Waals surface area contributed by atoms with E-state index in [0.717, 1.165) is 6.92 Å². The second-order valence-corrected chi connectivity index (χ2v) is 16.7. The molecule has 0 aromatic heterocycles. The summed E-state index contributed by atoms with van der Waals surface area (Å²) in [5.41, 5.74) is 11.6. The number of nitrogens with two attached hydrogens (primary N) is 2. The van der Waals surface area contributed by atoms with Crippen molar-refractivity contribution in [1.82, 2.24) is 36.8 Å². The summed E-state index contributed by atoms with van der Waals surface area (Å²) in [4.78, 5) is 119. The van der Waals surface area contributed by atoms with E-state index in [1.807, 2.05) is 6.92 Å². The van der Waals surface area contributed by atoms with Crippen LogP contribution in [0.25, 0.3) is 0 Å². The zero-order chi connectivity index (χ0) is 46.8. The predicted octanol–water partition coefficient (Wildman–Crippen LogP) is -2.35. The number of nitrogens with one attached hydrogen (secondary N) is 6. The highest BCUT2D eigenvalue weighted by molar-refractivity contribution is 5.98. The van der Waals surface area contributed by atoms with Crippen LogP contribution in [-0.4, -0.2) is 136 Å². The summed E-state index contributed by atoms with van der Waals surface area (Å²) >= 11 is 0. The Morgan fingerprint density at radius 2 is 1.34 bits per heavy atom. The number of primary amides is 2. The van der Waals surface area contributed by atoms with E-state index in [4.69, 9.17) is 11.5 Å². The lowest BCUT2D eigenvalue weighted by Gasteiger charge is -2.31. The van der Waals surface area contributed by atoms with Crippen LogP contribution in [0.15, 0.2) is 30.3 Å². The number of hydrogen-bond acceptors (Lipinski definition) is 12. The van der Waals surface area contributed by atoms with Crippen molar-refractivity contribution in [3.63, 3.8) is 0 Å². The standard InChI is InChI=1S/C42H67N9O11/c1-8-24(6)35(42(62)49-34(23(4)5)37(44)57)50-41(61)31-15-12-16-51(31)20-32(54)36(56)27(18-26-13-10-9-11-14-26)46-39(59)29(19-33(43)55)48-38(58)28(17-22(2)3)47-40(60)30(21-52)45-25(7)53/h9-11,13-14,22-24,27-32,34-35,52,54H,8,12,15-21H2,1-7H3,(H2,43,55)(H2,44,57)(H,45,53)(H,46,59)(H,47,60)(H,48,58)(H,49,62)(H,50,61)/t24-,27-,28-,29-,30-,31-,32-,34-,35-/m0/s1. The van der Waals surface area contributed by atoms with Gasteiger partial charge in [-0.15, -0.1) is 0 Å². The molecule has 1 aromatic rings. The number of carbonyl (C=O) groups excluding carboxylic acids is 9. The molecule has 0 bridgehead atoms. The molecular formula is C42H67N9O11. The van der Waals surface area contributed by atoms with Gasteiger partial charge in [-0.2, -0.15) is 0 Å². The predicted molar refractivity (Wildman–Crippen MR) is 227 cm³/mol. The lowest BCUT2D eigenvalue weighted by Crippen LogP contribution is -2.60. The summed E-state index contributed by atoms with van der Waals surface area (Å²) in [5, 5.41) is 36.2. The number of Topliss-reactive ketones (excluding diaryl/α,β-unsaturated/α-hetero) is 1. The average molecular weight is 874 g/mol. The lowest BCUT2D eigenvalue weighted by molar-refractivity contribution is -0.137. The molecule has 1 aliphatic heterocycles. The number of hydrogen-bond donors (Lipinski definition) is 10. The lowest BCUT2D eigenvalue weighted by atomic mass is 9.96. The molecule has 1 aromatic carbocycles. The van der Waals surface area contributed by atoms with Gasteiger partial charge in [-0.25, -0.2) is 0 Å². The van der Waals surface area contributed by atoms with Crippen LogP contribution in [0.1, 0.15) is 86.1 Å². The van der Waals surface area contributed by atoms with Gasteiger partial charge in [-0.3, -0.25) is 48.1 Å². The van der Waals surface area contributed by atoms with Crippen LogP contribution in [0.2, 0.25) is 0 Å². The molecule has 2 rings (SSSR count). The summed E-state index contributed by atoms with van der Waals surface area (Å²) in [6, 6.07) is 0.0240. The largest absolute Gasteiger partial charge is 0.394 e. The Labute approximate surface area is 362 Å². The first-order valence-corrected chi connectivity index (χ1v) is 21.1. The topological polar surface area (TPSA) is 322 Å². The summed E-state index contributed by atoms with van der Waals surface area (Å²) in [7, 11) is 0. The van der Waals surface area contributed by atoms with Crippen molar-refractivity contribution >= 4 is 53.0 Å². The number of aliphatic hydroxyl groups is 2. The smallest absolute Gasteiger partial charge is 0.245 e. The van der Waals surface area contributed by atoms with Gasteiger partial charge in [0.05, 0.1) is 25.1 Å². The normalized spacial score (nSPS) is 17.9. The molecule has 8 amide bonds. The quantitative estimate of drug-likeness (QED) is 0.0468. The van der Waals surface area contributed by atoms with Gasteiger partial charge in [-0.05, 0) is 55.5 Å². The van der Waals surface area contributed by atoms with Gasteiger partial charge in [0.15, 0.2) is 5.78 Å². The van der Waals surface area contributed by atoms with E-state index in [0.29, 0.717) is 31.4 Å². The van der Waals surface area contributed by atoms with Gasteiger partial charge in [-0.1, -0.05) is 78.3 Å². The Morgan fingerprint density at radius 3 is 1.87 bits per heavy atom. The SMILES string of the molecule is CC[C@H](C)[C@H](NC(=O)[C@@H]1CCCN1C[C@H](O)C(=O)[C@H](Cc1ccccc1)NC(=O)[C@H](CC(N)=O)NC(=O)[C@H](CC(C)C)NC(=O)[C@H](CO)NC(C)=O)C(=O)N[C@H](C(N)=O)C(C)C. The first kappa shape index (κ1) is 52.7. The molecular weight excluding hydrogens is 807 g/mol. The van der Waals surface area contributed by atoms with Gasteiger partial charge in [0, 0.05) is 13.5 Å².